The molecule has 0 atom stereocenters. The van der Waals surface area contributed by atoms with Crippen molar-refractivity contribution in [1.82, 2.24) is 4.40 Å². The van der Waals surface area contributed by atoms with Gasteiger partial charge in [0.1, 0.15) is 12.7 Å². The van der Waals surface area contributed by atoms with E-state index in [1.54, 1.807) is 35.2 Å². The fourth-order valence-corrected chi connectivity index (χ4v) is 3.30. The Hall–Kier alpha value is -1.56. The van der Waals surface area contributed by atoms with Crippen LogP contribution in [0.1, 0.15) is 11.1 Å². The molecule has 0 N–H and O–H groups in total. The van der Waals surface area contributed by atoms with Crippen LogP contribution < -0.4 is 15.2 Å². The van der Waals surface area contributed by atoms with Gasteiger partial charge in [-0.05, 0) is 24.6 Å². The van der Waals surface area contributed by atoms with Gasteiger partial charge in [-0.2, -0.15) is 4.40 Å². The lowest BCUT2D eigenvalue weighted by atomic mass is 10.2. The molecule has 0 spiro atoms. The second kappa shape index (κ2) is 5.33. The Morgan fingerprint density at radius 1 is 1.33 bits per heavy atom. The molecule has 1 aromatic carbocycles. The zero-order chi connectivity index (χ0) is 15.1. The summed E-state index contributed by atoms with van der Waals surface area (Å²) in [7, 11) is 0. The van der Waals surface area contributed by atoms with Crippen molar-refractivity contribution in [3.05, 3.63) is 61.3 Å². The number of fused-ring (bicyclic) bond motifs is 1. The highest BCUT2D eigenvalue weighted by molar-refractivity contribution is 7.14. The molecule has 21 heavy (non-hydrogen) atoms. The van der Waals surface area contributed by atoms with Crippen molar-refractivity contribution in [3.63, 3.8) is 0 Å². The fraction of sp³-hybridized carbons (Fsp3) is 0.143. The SMILES string of the molecule is Cc1c([O-])[n+](Cc2ccc(Cl)c(Cl)c2)c2sccn2c1=O. The molecule has 0 bridgehead atoms. The van der Waals surface area contributed by atoms with Gasteiger partial charge in [0.15, 0.2) is 0 Å². The Balaban J connectivity index is 2.18. The smallest absolute Gasteiger partial charge is 0.348 e. The van der Waals surface area contributed by atoms with E-state index in [-0.39, 0.29) is 17.0 Å². The molecule has 0 unspecified atom stereocenters. The van der Waals surface area contributed by atoms with Gasteiger partial charge in [-0.25, -0.2) is 9.36 Å². The van der Waals surface area contributed by atoms with Crippen molar-refractivity contribution in [3.8, 4) is 5.88 Å². The number of nitrogens with zero attached hydrogens (tertiary/aromatic N) is 2. The summed E-state index contributed by atoms with van der Waals surface area (Å²) in [6.07, 6.45) is 1.67. The summed E-state index contributed by atoms with van der Waals surface area (Å²) in [5, 5.41) is 15.0. The van der Waals surface area contributed by atoms with E-state index in [0.29, 0.717) is 21.6 Å². The molecule has 2 aromatic heterocycles. The van der Waals surface area contributed by atoms with Crippen LogP contribution in [0, 0.1) is 6.92 Å². The van der Waals surface area contributed by atoms with E-state index in [4.69, 9.17) is 23.2 Å². The van der Waals surface area contributed by atoms with Crippen LogP contribution >= 0.6 is 34.5 Å². The summed E-state index contributed by atoms with van der Waals surface area (Å²) >= 11 is 13.2. The molecule has 3 rings (SSSR count). The van der Waals surface area contributed by atoms with E-state index in [2.05, 4.69) is 0 Å². The van der Waals surface area contributed by atoms with Crippen LogP contribution in [0.25, 0.3) is 4.96 Å². The van der Waals surface area contributed by atoms with Crippen LogP contribution in [0.2, 0.25) is 10.0 Å². The molecule has 7 heteroatoms. The van der Waals surface area contributed by atoms with Gasteiger partial charge in [0.25, 0.3) is 0 Å². The lowest BCUT2D eigenvalue weighted by Crippen LogP contribution is -2.43. The van der Waals surface area contributed by atoms with Crippen LogP contribution in [0.4, 0.5) is 0 Å². The first-order valence-corrected chi connectivity index (χ1v) is 7.76. The minimum Gasteiger partial charge on any atom is -0.842 e. The molecule has 3 aromatic rings. The van der Waals surface area contributed by atoms with Gasteiger partial charge >= 0.3 is 10.5 Å². The summed E-state index contributed by atoms with van der Waals surface area (Å²) in [5.74, 6) is -0.284. The first kappa shape index (κ1) is 14.4. The van der Waals surface area contributed by atoms with Crippen molar-refractivity contribution in [2.75, 3.05) is 0 Å². The van der Waals surface area contributed by atoms with Crippen molar-refractivity contribution >= 4 is 39.5 Å². The molecule has 0 amide bonds. The number of thiazole rings is 1. The average molecular weight is 341 g/mol. The zero-order valence-corrected chi connectivity index (χ0v) is 13.3. The molecule has 0 aliphatic rings. The largest absolute Gasteiger partial charge is 0.842 e. The topological polar surface area (TPSA) is 48.4 Å². The standard InChI is InChI=1S/C14H10Cl2N2O2S/c1-8-12(19)17-4-5-21-14(17)18(13(8)20)7-9-2-3-10(15)11(16)6-9/h2-6H,7H2,1H3. The molecule has 0 aliphatic carbocycles. The Kier molecular flexibility index (Phi) is 3.65. The zero-order valence-electron chi connectivity index (χ0n) is 11.0. The van der Waals surface area contributed by atoms with Gasteiger partial charge in [-0.3, -0.25) is 0 Å². The molecular weight excluding hydrogens is 331 g/mol. The van der Waals surface area contributed by atoms with Crippen LogP contribution in [0.5, 0.6) is 5.88 Å². The Morgan fingerprint density at radius 2 is 2.10 bits per heavy atom. The monoisotopic (exact) mass is 340 g/mol. The van der Waals surface area contributed by atoms with Crippen LogP contribution in [0.3, 0.4) is 0 Å². The van der Waals surface area contributed by atoms with Gasteiger partial charge in [-0.15, -0.1) is 0 Å². The highest BCUT2D eigenvalue weighted by atomic mass is 35.5. The number of rotatable bonds is 2. The third-order valence-corrected chi connectivity index (χ3v) is 4.88. The molecule has 0 fully saturated rings. The van der Waals surface area contributed by atoms with Gasteiger partial charge < -0.3 is 5.11 Å². The summed E-state index contributed by atoms with van der Waals surface area (Å²) in [6, 6.07) is 5.23. The maximum Gasteiger partial charge on any atom is 0.348 e. The lowest BCUT2D eigenvalue weighted by molar-refractivity contribution is -0.707. The maximum atomic E-state index is 12.4. The minimum absolute atomic E-state index is 0.200. The summed E-state index contributed by atoms with van der Waals surface area (Å²) in [5.41, 5.74) is 0.771. The summed E-state index contributed by atoms with van der Waals surface area (Å²) in [4.78, 5) is 12.6. The average Bonchev–Trinajstić information content (AvgIpc) is 2.94. The Morgan fingerprint density at radius 3 is 2.81 bits per heavy atom. The van der Waals surface area contributed by atoms with Gasteiger partial charge in [0, 0.05) is 5.38 Å². The molecule has 2 heterocycles. The molecule has 4 nitrogen and oxygen atoms in total. The maximum absolute atomic E-state index is 12.4. The second-order valence-electron chi connectivity index (χ2n) is 4.63. The van der Waals surface area contributed by atoms with Crippen LogP contribution in [-0.2, 0) is 6.54 Å². The summed E-state index contributed by atoms with van der Waals surface area (Å²) in [6.45, 7) is 1.88. The third-order valence-electron chi connectivity index (χ3n) is 3.25. The Bertz CT molecular complexity index is 902. The predicted octanol–water partition coefficient (Wildman–Crippen LogP) is 2.39. The van der Waals surface area contributed by atoms with Crippen LogP contribution in [-0.4, -0.2) is 4.40 Å². The fourth-order valence-electron chi connectivity index (χ4n) is 2.14. The molecule has 0 saturated heterocycles. The summed E-state index contributed by atoms with van der Waals surface area (Å²) < 4.78 is 3.06. The molecule has 108 valence electrons. The van der Waals surface area contributed by atoms with Crippen LogP contribution in [0.15, 0.2) is 34.6 Å². The minimum atomic E-state index is -0.284. The van der Waals surface area contributed by atoms with Gasteiger partial charge in [0.2, 0.25) is 0 Å². The number of hydrogen-bond donors (Lipinski definition) is 0. The quantitative estimate of drug-likeness (QED) is 0.672. The molecule has 0 saturated carbocycles. The number of hydrogen-bond acceptors (Lipinski definition) is 3. The van der Waals surface area contributed by atoms with Gasteiger partial charge in [-0.1, -0.05) is 40.6 Å². The van der Waals surface area contributed by atoms with E-state index in [1.807, 2.05) is 6.07 Å². The van der Waals surface area contributed by atoms with Gasteiger partial charge in [0.05, 0.1) is 21.5 Å². The first-order valence-electron chi connectivity index (χ1n) is 6.12. The molecule has 0 aliphatic heterocycles. The number of aromatic nitrogens is 2. The van der Waals surface area contributed by atoms with Crippen molar-refractivity contribution in [1.29, 1.82) is 0 Å². The molecular formula is C14H10Cl2N2O2S. The second-order valence-corrected chi connectivity index (χ2v) is 6.31. The van der Waals surface area contributed by atoms with E-state index in [1.165, 1.54) is 15.7 Å². The lowest BCUT2D eigenvalue weighted by Gasteiger charge is -2.13. The number of halogens is 2. The van der Waals surface area contributed by atoms with Crippen molar-refractivity contribution in [2.24, 2.45) is 0 Å². The highest BCUT2D eigenvalue weighted by Crippen LogP contribution is 2.23. The van der Waals surface area contributed by atoms with E-state index in [0.717, 1.165) is 5.56 Å². The van der Waals surface area contributed by atoms with Crippen molar-refractivity contribution in [2.45, 2.75) is 13.5 Å². The van der Waals surface area contributed by atoms with Crippen molar-refractivity contribution < 1.29 is 9.67 Å². The Labute approximate surface area is 134 Å². The predicted molar refractivity (Wildman–Crippen MR) is 81.5 cm³/mol. The van der Waals surface area contributed by atoms with E-state index >= 15 is 0 Å². The highest BCUT2D eigenvalue weighted by Gasteiger charge is 2.17. The van der Waals surface area contributed by atoms with E-state index < -0.39 is 0 Å². The normalized spacial score (nSPS) is 11.2. The van der Waals surface area contributed by atoms with E-state index in [9.17, 15) is 9.90 Å². The molecule has 0 radical (unpaired) electrons. The number of benzene rings is 1. The first-order chi connectivity index (χ1) is 9.99. The third kappa shape index (κ3) is 2.41.